The second kappa shape index (κ2) is 3.35. The van der Waals surface area contributed by atoms with E-state index in [-0.39, 0.29) is 0 Å². The van der Waals surface area contributed by atoms with Crippen LogP contribution < -0.4 is 5.32 Å². The van der Waals surface area contributed by atoms with E-state index in [4.69, 9.17) is 0 Å². The number of hydrogen-bond donors (Lipinski definition) is 2. The van der Waals surface area contributed by atoms with Crippen molar-refractivity contribution in [2.45, 2.75) is 13.0 Å². The molecule has 4 nitrogen and oxygen atoms in total. The van der Waals surface area contributed by atoms with Crippen LogP contribution in [0.3, 0.4) is 0 Å². The van der Waals surface area contributed by atoms with Crippen molar-refractivity contribution in [1.82, 2.24) is 9.88 Å². The monoisotopic (exact) mass is 216 g/mol. The van der Waals surface area contributed by atoms with Gasteiger partial charge < -0.3 is 10.4 Å². The summed E-state index contributed by atoms with van der Waals surface area (Å²) in [4.78, 5) is 11.3. The van der Waals surface area contributed by atoms with Gasteiger partial charge in [0.05, 0.1) is 5.52 Å². The first-order valence-electron chi connectivity index (χ1n) is 5.34. The quantitative estimate of drug-likeness (QED) is 0.706. The van der Waals surface area contributed by atoms with Gasteiger partial charge in [0.2, 0.25) is 0 Å². The van der Waals surface area contributed by atoms with Gasteiger partial charge in [0.1, 0.15) is 0 Å². The summed E-state index contributed by atoms with van der Waals surface area (Å²) in [5.74, 6) is 0. The van der Waals surface area contributed by atoms with E-state index in [0.717, 1.165) is 41.7 Å². The number of rotatable bonds is 0. The lowest BCUT2D eigenvalue weighted by atomic mass is 10.1. The first-order valence-corrected chi connectivity index (χ1v) is 5.34. The molecule has 2 N–H and O–H groups in total. The first-order chi connectivity index (χ1) is 7.79. The highest BCUT2D eigenvalue weighted by molar-refractivity contribution is 5.93. The zero-order valence-electron chi connectivity index (χ0n) is 8.73. The van der Waals surface area contributed by atoms with Gasteiger partial charge in [-0.3, -0.25) is 0 Å². The van der Waals surface area contributed by atoms with Gasteiger partial charge in [-0.2, -0.15) is 0 Å². The molecule has 0 saturated carbocycles. The Morgan fingerprint density at radius 3 is 3.00 bits per heavy atom. The minimum atomic E-state index is -0.889. The Balaban J connectivity index is 2.41. The van der Waals surface area contributed by atoms with Crippen LogP contribution in [0.2, 0.25) is 0 Å². The van der Waals surface area contributed by atoms with Gasteiger partial charge in [0, 0.05) is 30.6 Å². The summed E-state index contributed by atoms with van der Waals surface area (Å²) < 4.78 is 1.42. The van der Waals surface area contributed by atoms with E-state index >= 15 is 0 Å². The summed E-state index contributed by atoms with van der Waals surface area (Å²) in [6.07, 6.45) is -0.115. The van der Waals surface area contributed by atoms with Crippen LogP contribution in [0.25, 0.3) is 10.9 Å². The minimum Gasteiger partial charge on any atom is -0.464 e. The van der Waals surface area contributed by atoms with Gasteiger partial charge in [-0.05, 0) is 11.6 Å². The van der Waals surface area contributed by atoms with Crippen molar-refractivity contribution in [3.8, 4) is 0 Å². The summed E-state index contributed by atoms with van der Waals surface area (Å²) in [7, 11) is 0. The van der Waals surface area contributed by atoms with E-state index in [1.807, 2.05) is 24.3 Å². The molecule has 1 aliphatic heterocycles. The number of carboxylic acid groups (broad SMARTS) is 1. The molecule has 0 radical (unpaired) electrons. The minimum absolute atomic E-state index is 0.760. The first kappa shape index (κ1) is 9.42. The lowest BCUT2D eigenvalue weighted by Crippen LogP contribution is -2.26. The molecule has 1 aromatic carbocycles. The number of fused-ring (bicyclic) bond motifs is 3. The average Bonchev–Trinajstić information content (AvgIpc) is 2.63. The standard InChI is InChI=1S/C12H12N2O2/c15-12(16)14-10-4-2-1-3-8(10)9-7-13-6-5-11(9)14/h1-4,13H,5-7H2,(H,15,16). The molecular weight excluding hydrogens is 204 g/mol. The molecule has 3 rings (SSSR count). The summed E-state index contributed by atoms with van der Waals surface area (Å²) >= 11 is 0. The van der Waals surface area contributed by atoms with E-state index in [0.29, 0.717) is 0 Å². The van der Waals surface area contributed by atoms with E-state index in [1.54, 1.807) is 0 Å². The van der Waals surface area contributed by atoms with Crippen molar-refractivity contribution in [2.75, 3.05) is 6.54 Å². The van der Waals surface area contributed by atoms with Crippen LogP contribution in [-0.2, 0) is 13.0 Å². The molecule has 0 spiro atoms. The summed E-state index contributed by atoms with van der Waals surface area (Å²) in [6.45, 7) is 1.60. The number of benzene rings is 1. The maximum Gasteiger partial charge on any atom is 0.416 e. The molecule has 0 unspecified atom stereocenters. The van der Waals surface area contributed by atoms with Crippen molar-refractivity contribution in [1.29, 1.82) is 0 Å². The van der Waals surface area contributed by atoms with Crippen molar-refractivity contribution in [2.24, 2.45) is 0 Å². The van der Waals surface area contributed by atoms with Gasteiger partial charge in [0.25, 0.3) is 0 Å². The predicted octanol–water partition coefficient (Wildman–Crippen LogP) is 1.81. The summed E-state index contributed by atoms with van der Waals surface area (Å²) in [5.41, 5.74) is 2.86. The van der Waals surface area contributed by atoms with Crippen LogP contribution in [0.5, 0.6) is 0 Å². The SMILES string of the molecule is O=C(O)n1c2c(c3ccccc31)CNCC2. The molecule has 16 heavy (non-hydrogen) atoms. The van der Waals surface area contributed by atoms with E-state index in [9.17, 15) is 9.90 Å². The number of para-hydroxylation sites is 1. The molecule has 82 valence electrons. The third kappa shape index (κ3) is 1.17. The van der Waals surface area contributed by atoms with Crippen LogP contribution in [0, 0.1) is 0 Å². The topological polar surface area (TPSA) is 54.3 Å². The number of nitrogens with one attached hydrogen (secondary N) is 1. The van der Waals surface area contributed by atoms with Gasteiger partial charge in [-0.15, -0.1) is 0 Å². The molecule has 2 heterocycles. The molecule has 0 saturated heterocycles. The second-order valence-electron chi connectivity index (χ2n) is 3.99. The fourth-order valence-corrected chi connectivity index (χ4v) is 2.46. The molecule has 0 aliphatic carbocycles. The molecule has 0 fully saturated rings. The molecule has 0 bridgehead atoms. The van der Waals surface area contributed by atoms with Crippen LogP contribution in [0.15, 0.2) is 24.3 Å². The predicted molar refractivity (Wildman–Crippen MR) is 60.8 cm³/mol. The molecule has 1 aromatic heterocycles. The Kier molecular flexibility index (Phi) is 1.97. The Hall–Kier alpha value is -1.81. The van der Waals surface area contributed by atoms with Crippen molar-refractivity contribution < 1.29 is 9.90 Å². The Labute approximate surface area is 92.5 Å². The van der Waals surface area contributed by atoms with Crippen LogP contribution in [-0.4, -0.2) is 22.3 Å². The lowest BCUT2D eigenvalue weighted by Gasteiger charge is -2.14. The summed E-state index contributed by atoms with van der Waals surface area (Å²) in [5, 5.41) is 13.6. The van der Waals surface area contributed by atoms with Crippen molar-refractivity contribution >= 4 is 17.0 Å². The lowest BCUT2D eigenvalue weighted by molar-refractivity contribution is 0.196. The average molecular weight is 216 g/mol. The van der Waals surface area contributed by atoms with Crippen LogP contribution >= 0.6 is 0 Å². The van der Waals surface area contributed by atoms with Gasteiger partial charge >= 0.3 is 6.09 Å². The van der Waals surface area contributed by atoms with Gasteiger partial charge in [-0.1, -0.05) is 18.2 Å². The fraction of sp³-hybridized carbons (Fsp3) is 0.250. The van der Waals surface area contributed by atoms with Crippen LogP contribution in [0.4, 0.5) is 4.79 Å². The van der Waals surface area contributed by atoms with Gasteiger partial charge in [-0.25, -0.2) is 9.36 Å². The Morgan fingerprint density at radius 2 is 2.19 bits per heavy atom. The molecule has 4 heteroatoms. The fourth-order valence-electron chi connectivity index (χ4n) is 2.46. The van der Waals surface area contributed by atoms with E-state index in [1.165, 1.54) is 4.57 Å². The highest BCUT2D eigenvalue weighted by atomic mass is 16.4. The largest absolute Gasteiger partial charge is 0.464 e. The number of hydrogen-bond acceptors (Lipinski definition) is 2. The zero-order chi connectivity index (χ0) is 11.1. The maximum absolute atomic E-state index is 11.3. The van der Waals surface area contributed by atoms with E-state index in [2.05, 4.69) is 5.32 Å². The Morgan fingerprint density at radius 1 is 1.38 bits per heavy atom. The molecule has 2 aromatic rings. The van der Waals surface area contributed by atoms with Crippen molar-refractivity contribution in [3.63, 3.8) is 0 Å². The Bertz CT molecular complexity index is 572. The summed E-state index contributed by atoms with van der Waals surface area (Å²) in [6, 6.07) is 7.67. The number of aromatic nitrogens is 1. The van der Waals surface area contributed by atoms with E-state index < -0.39 is 6.09 Å². The second-order valence-corrected chi connectivity index (χ2v) is 3.99. The number of carbonyl (C=O) groups is 1. The highest BCUT2D eigenvalue weighted by Gasteiger charge is 2.22. The molecule has 0 atom stereocenters. The van der Waals surface area contributed by atoms with Crippen molar-refractivity contribution in [3.05, 3.63) is 35.5 Å². The normalized spacial score (nSPS) is 15.0. The van der Waals surface area contributed by atoms with Crippen LogP contribution in [0.1, 0.15) is 11.3 Å². The maximum atomic E-state index is 11.3. The zero-order valence-corrected chi connectivity index (χ0v) is 8.73. The molecular formula is C12H12N2O2. The molecule has 0 amide bonds. The third-order valence-corrected chi connectivity index (χ3v) is 3.12. The smallest absolute Gasteiger partial charge is 0.416 e. The van der Waals surface area contributed by atoms with Gasteiger partial charge in [0.15, 0.2) is 0 Å². The number of nitrogens with zero attached hydrogens (tertiary/aromatic N) is 1. The molecule has 1 aliphatic rings. The third-order valence-electron chi connectivity index (χ3n) is 3.12. The highest BCUT2D eigenvalue weighted by Crippen LogP contribution is 2.28.